The largest absolute Gasteiger partial charge is 0.259 e. The SMILES string of the molecule is C=N/C=N\c1cccnc1C. The van der Waals surface area contributed by atoms with E-state index < -0.39 is 0 Å². The minimum Gasteiger partial charge on any atom is -0.259 e. The summed E-state index contributed by atoms with van der Waals surface area (Å²) in [6, 6.07) is 3.72. The maximum absolute atomic E-state index is 4.06. The van der Waals surface area contributed by atoms with E-state index >= 15 is 0 Å². The van der Waals surface area contributed by atoms with Gasteiger partial charge in [0.15, 0.2) is 0 Å². The second-order valence-electron chi connectivity index (χ2n) is 2.04. The molecule has 0 bridgehead atoms. The molecule has 0 saturated carbocycles. The first-order valence-corrected chi connectivity index (χ1v) is 3.24. The second-order valence-corrected chi connectivity index (χ2v) is 2.04. The first kappa shape index (κ1) is 7.60. The third-order valence-electron chi connectivity index (χ3n) is 1.26. The molecule has 0 aliphatic rings. The Morgan fingerprint density at radius 1 is 1.64 bits per heavy atom. The van der Waals surface area contributed by atoms with Crippen molar-refractivity contribution in [3.63, 3.8) is 0 Å². The first-order chi connectivity index (χ1) is 5.34. The molecule has 0 aromatic carbocycles. The standard InChI is InChI=1S/C8H9N3/c1-7-8(11-6-9-2)4-3-5-10-7/h3-6H,2H2,1H3/b11-6-. The Labute approximate surface area is 65.5 Å². The van der Waals surface area contributed by atoms with E-state index in [-0.39, 0.29) is 0 Å². The fraction of sp³-hybridized carbons (Fsp3) is 0.125. The summed E-state index contributed by atoms with van der Waals surface area (Å²) < 4.78 is 0. The van der Waals surface area contributed by atoms with E-state index in [1.165, 1.54) is 6.34 Å². The van der Waals surface area contributed by atoms with Crippen LogP contribution in [0.2, 0.25) is 0 Å². The molecule has 56 valence electrons. The Balaban J connectivity index is 2.94. The average Bonchev–Trinajstić information content (AvgIpc) is 2.03. The average molecular weight is 147 g/mol. The Hall–Kier alpha value is -1.51. The van der Waals surface area contributed by atoms with Gasteiger partial charge in [-0.15, -0.1) is 0 Å². The van der Waals surface area contributed by atoms with E-state index in [2.05, 4.69) is 21.7 Å². The lowest BCUT2D eigenvalue weighted by atomic mass is 10.3. The van der Waals surface area contributed by atoms with Crippen LogP contribution in [0, 0.1) is 6.92 Å². The molecule has 11 heavy (non-hydrogen) atoms. The fourth-order valence-corrected chi connectivity index (χ4v) is 0.715. The van der Waals surface area contributed by atoms with E-state index in [0.29, 0.717) is 0 Å². The lowest BCUT2D eigenvalue weighted by Crippen LogP contribution is -1.78. The van der Waals surface area contributed by atoms with Gasteiger partial charge in [-0.25, -0.2) is 4.99 Å². The predicted octanol–water partition coefficient (Wildman–Crippen LogP) is 1.75. The highest BCUT2D eigenvalue weighted by Gasteiger charge is 1.91. The molecule has 1 heterocycles. The van der Waals surface area contributed by atoms with Crippen molar-refractivity contribution in [2.24, 2.45) is 9.98 Å². The van der Waals surface area contributed by atoms with Crippen LogP contribution in [0.1, 0.15) is 5.69 Å². The Bertz CT molecular complexity index is 278. The van der Waals surface area contributed by atoms with Crippen LogP contribution in [0.5, 0.6) is 0 Å². The third-order valence-corrected chi connectivity index (χ3v) is 1.26. The summed E-state index contributed by atoms with van der Waals surface area (Å²) in [5, 5.41) is 0. The van der Waals surface area contributed by atoms with Crippen LogP contribution in [0.25, 0.3) is 0 Å². The van der Waals surface area contributed by atoms with Gasteiger partial charge in [0.05, 0.1) is 11.4 Å². The van der Waals surface area contributed by atoms with Crippen LogP contribution in [-0.4, -0.2) is 18.0 Å². The van der Waals surface area contributed by atoms with Crippen LogP contribution >= 0.6 is 0 Å². The van der Waals surface area contributed by atoms with Crippen molar-refractivity contribution in [3.8, 4) is 0 Å². The topological polar surface area (TPSA) is 37.6 Å². The van der Waals surface area contributed by atoms with Crippen molar-refractivity contribution in [3.05, 3.63) is 24.0 Å². The van der Waals surface area contributed by atoms with Crippen molar-refractivity contribution < 1.29 is 0 Å². The zero-order valence-electron chi connectivity index (χ0n) is 6.36. The number of aliphatic imine (C=N–C) groups is 2. The molecule has 0 radical (unpaired) electrons. The maximum Gasteiger partial charge on any atom is 0.115 e. The second kappa shape index (κ2) is 3.61. The first-order valence-electron chi connectivity index (χ1n) is 3.24. The zero-order chi connectivity index (χ0) is 8.10. The summed E-state index contributed by atoms with van der Waals surface area (Å²) in [5.74, 6) is 0. The Kier molecular flexibility index (Phi) is 2.49. The van der Waals surface area contributed by atoms with Gasteiger partial charge in [-0.2, -0.15) is 0 Å². The van der Waals surface area contributed by atoms with Crippen LogP contribution in [0.15, 0.2) is 28.3 Å². The highest BCUT2D eigenvalue weighted by atomic mass is 14.9. The number of aryl methyl sites for hydroxylation is 1. The molecule has 3 nitrogen and oxygen atoms in total. The molecule has 0 fully saturated rings. The number of nitrogens with zero attached hydrogens (tertiary/aromatic N) is 3. The van der Waals surface area contributed by atoms with E-state index in [4.69, 9.17) is 0 Å². The van der Waals surface area contributed by atoms with Gasteiger partial charge in [-0.05, 0) is 25.8 Å². The predicted molar refractivity (Wildman–Crippen MR) is 46.7 cm³/mol. The molecule has 0 aliphatic heterocycles. The van der Waals surface area contributed by atoms with E-state index in [1.807, 2.05) is 19.1 Å². The van der Waals surface area contributed by atoms with Crippen molar-refractivity contribution in [2.75, 3.05) is 0 Å². The lowest BCUT2D eigenvalue weighted by Gasteiger charge is -1.94. The highest BCUT2D eigenvalue weighted by Crippen LogP contribution is 2.13. The molecular formula is C8H9N3. The third kappa shape index (κ3) is 1.97. The number of hydrogen-bond donors (Lipinski definition) is 0. The molecule has 1 aromatic heterocycles. The smallest absolute Gasteiger partial charge is 0.115 e. The van der Waals surface area contributed by atoms with Gasteiger partial charge < -0.3 is 0 Å². The van der Waals surface area contributed by atoms with Gasteiger partial charge in [0.1, 0.15) is 6.34 Å². The van der Waals surface area contributed by atoms with Crippen molar-refractivity contribution >= 4 is 18.7 Å². The quantitative estimate of drug-likeness (QED) is 0.464. The van der Waals surface area contributed by atoms with Gasteiger partial charge in [0.2, 0.25) is 0 Å². The van der Waals surface area contributed by atoms with Gasteiger partial charge >= 0.3 is 0 Å². The number of aromatic nitrogens is 1. The Morgan fingerprint density at radius 2 is 2.45 bits per heavy atom. The summed E-state index contributed by atoms with van der Waals surface area (Å²) in [5.41, 5.74) is 1.73. The summed E-state index contributed by atoms with van der Waals surface area (Å²) in [7, 11) is 0. The summed E-state index contributed by atoms with van der Waals surface area (Å²) in [4.78, 5) is 11.6. The molecule has 0 unspecified atom stereocenters. The molecule has 0 amide bonds. The van der Waals surface area contributed by atoms with Crippen LogP contribution < -0.4 is 0 Å². The highest BCUT2D eigenvalue weighted by molar-refractivity contribution is 5.66. The fourth-order valence-electron chi connectivity index (χ4n) is 0.715. The maximum atomic E-state index is 4.06. The summed E-state index contributed by atoms with van der Waals surface area (Å²) >= 11 is 0. The molecule has 0 N–H and O–H groups in total. The van der Waals surface area contributed by atoms with E-state index in [9.17, 15) is 0 Å². The zero-order valence-corrected chi connectivity index (χ0v) is 6.36. The normalized spacial score (nSPS) is 10.3. The van der Waals surface area contributed by atoms with Crippen molar-refractivity contribution in [1.29, 1.82) is 0 Å². The van der Waals surface area contributed by atoms with Crippen LogP contribution in [0.4, 0.5) is 5.69 Å². The molecule has 3 heteroatoms. The molecule has 0 spiro atoms. The van der Waals surface area contributed by atoms with E-state index in [1.54, 1.807) is 6.20 Å². The number of hydrogen-bond acceptors (Lipinski definition) is 2. The molecule has 0 aliphatic carbocycles. The lowest BCUT2D eigenvalue weighted by molar-refractivity contribution is 1.19. The van der Waals surface area contributed by atoms with Gasteiger partial charge in [-0.1, -0.05) is 0 Å². The molecule has 0 saturated heterocycles. The summed E-state index contributed by atoms with van der Waals surface area (Å²) in [6.07, 6.45) is 3.14. The molecule has 1 rings (SSSR count). The van der Waals surface area contributed by atoms with Crippen molar-refractivity contribution in [1.82, 2.24) is 4.98 Å². The van der Waals surface area contributed by atoms with Gasteiger partial charge in [-0.3, -0.25) is 9.98 Å². The van der Waals surface area contributed by atoms with Crippen LogP contribution in [-0.2, 0) is 0 Å². The van der Waals surface area contributed by atoms with Crippen LogP contribution in [0.3, 0.4) is 0 Å². The number of pyridine rings is 1. The number of rotatable bonds is 2. The molecule has 1 aromatic rings. The molecular weight excluding hydrogens is 138 g/mol. The van der Waals surface area contributed by atoms with Crippen molar-refractivity contribution in [2.45, 2.75) is 6.92 Å². The monoisotopic (exact) mass is 147 g/mol. The van der Waals surface area contributed by atoms with E-state index in [0.717, 1.165) is 11.4 Å². The minimum atomic E-state index is 0.833. The summed E-state index contributed by atoms with van der Waals surface area (Å²) in [6.45, 7) is 5.18. The van der Waals surface area contributed by atoms with Gasteiger partial charge in [0.25, 0.3) is 0 Å². The molecule has 0 atom stereocenters. The minimum absolute atomic E-state index is 0.833. The Morgan fingerprint density at radius 3 is 3.09 bits per heavy atom. The van der Waals surface area contributed by atoms with Gasteiger partial charge in [0, 0.05) is 6.20 Å².